The summed E-state index contributed by atoms with van der Waals surface area (Å²) < 4.78 is 53.1. The third-order valence-electron chi connectivity index (χ3n) is 3.16. The highest BCUT2D eigenvalue weighted by molar-refractivity contribution is 5.55. The number of aryl methyl sites for hydroxylation is 2. The molecule has 0 spiro atoms. The monoisotopic (exact) mass is 286 g/mol. The Balaban J connectivity index is 2.07. The molecule has 3 heterocycles. The Morgan fingerprint density at radius 2 is 2.00 bits per heavy atom. The number of pyridine rings is 1. The molecule has 0 saturated carbocycles. The van der Waals surface area contributed by atoms with Crippen LogP contribution in [0, 0.1) is 5.82 Å². The van der Waals surface area contributed by atoms with Crippen molar-refractivity contribution in [3.05, 3.63) is 29.6 Å². The summed E-state index contributed by atoms with van der Waals surface area (Å²) >= 11 is 0. The Kier molecular flexibility index (Phi) is 2.95. The predicted octanol–water partition coefficient (Wildman–Crippen LogP) is 2.83. The van der Waals surface area contributed by atoms with Crippen LogP contribution in [-0.2, 0) is 19.1 Å². The highest BCUT2D eigenvalue weighted by atomic mass is 19.4. The van der Waals surface area contributed by atoms with Gasteiger partial charge in [0.25, 0.3) is 0 Å². The molecular weight excluding hydrogens is 276 g/mol. The van der Waals surface area contributed by atoms with Crippen LogP contribution in [0.4, 0.5) is 17.6 Å². The Morgan fingerprint density at radius 3 is 2.70 bits per heavy atom. The number of halogens is 4. The first-order chi connectivity index (χ1) is 9.45. The molecule has 1 aliphatic heterocycles. The van der Waals surface area contributed by atoms with Gasteiger partial charge in [-0.15, -0.1) is 0 Å². The number of fused-ring (bicyclic) bond motifs is 1. The summed E-state index contributed by atoms with van der Waals surface area (Å²) in [6.45, 7) is 0.654. The van der Waals surface area contributed by atoms with Gasteiger partial charge in [-0.05, 0) is 18.9 Å². The summed E-state index contributed by atoms with van der Waals surface area (Å²) in [5.41, 5.74) is -1.42. The fraction of sp³-hybridized carbons (Fsp3) is 0.417. The molecule has 20 heavy (non-hydrogen) atoms. The van der Waals surface area contributed by atoms with Crippen molar-refractivity contribution in [3.63, 3.8) is 0 Å². The van der Waals surface area contributed by atoms with Crippen molar-refractivity contribution in [1.82, 2.24) is 19.7 Å². The standard InChI is InChI=1S/C12H10F4N4/c13-8-6-17-9(12(14,15)16)5-7(8)11-18-10-3-1-2-4-20(10)19-11/h5-6H,1-4H2. The number of aromatic nitrogens is 4. The first-order valence-electron chi connectivity index (χ1n) is 6.12. The summed E-state index contributed by atoms with van der Waals surface area (Å²) in [5, 5.41) is 4.08. The van der Waals surface area contributed by atoms with Crippen LogP contribution < -0.4 is 0 Å². The summed E-state index contributed by atoms with van der Waals surface area (Å²) in [6.07, 6.45) is -1.49. The molecule has 4 nitrogen and oxygen atoms in total. The van der Waals surface area contributed by atoms with E-state index in [-0.39, 0.29) is 11.4 Å². The van der Waals surface area contributed by atoms with Gasteiger partial charge in [0.1, 0.15) is 11.5 Å². The Hall–Kier alpha value is -1.99. The number of nitrogens with zero attached hydrogens (tertiary/aromatic N) is 4. The van der Waals surface area contributed by atoms with Crippen LogP contribution >= 0.6 is 0 Å². The van der Waals surface area contributed by atoms with Crippen LogP contribution in [0.3, 0.4) is 0 Å². The predicted molar refractivity (Wildman–Crippen MR) is 61.2 cm³/mol. The highest BCUT2D eigenvalue weighted by Gasteiger charge is 2.33. The van der Waals surface area contributed by atoms with E-state index in [0.29, 0.717) is 31.1 Å². The summed E-state index contributed by atoms with van der Waals surface area (Å²) in [4.78, 5) is 7.18. The average Bonchev–Trinajstić information content (AvgIpc) is 2.81. The van der Waals surface area contributed by atoms with E-state index in [1.165, 1.54) is 0 Å². The molecule has 0 atom stereocenters. The van der Waals surface area contributed by atoms with E-state index in [1.54, 1.807) is 4.68 Å². The maximum Gasteiger partial charge on any atom is 0.433 e. The molecule has 0 amide bonds. The van der Waals surface area contributed by atoms with Gasteiger partial charge in [0.05, 0.1) is 11.8 Å². The second-order valence-corrected chi connectivity index (χ2v) is 4.58. The van der Waals surface area contributed by atoms with Crippen LogP contribution in [0.15, 0.2) is 12.3 Å². The minimum Gasteiger partial charge on any atom is -0.249 e. The molecule has 0 saturated heterocycles. The van der Waals surface area contributed by atoms with E-state index in [2.05, 4.69) is 15.1 Å². The van der Waals surface area contributed by atoms with Crippen molar-refractivity contribution in [2.45, 2.75) is 32.0 Å². The zero-order valence-electron chi connectivity index (χ0n) is 10.3. The molecule has 106 valence electrons. The fourth-order valence-electron chi connectivity index (χ4n) is 2.16. The Bertz CT molecular complexity index is 624. The molecule has 0 radical (unpaired) electrons. The lowest BCUT2D eigenvalue weighted by Crippen LogP contribution is -2.11. The maximum absolute atomic E-state index is 13.7. The second kappa shape index (κ2) is 4.53. The van der Waals surface area contributed by atoms with Crippen LogP contribution in [0.5, 0.6) is 0 Å². The van der Waals surface area contributed by atoms with Gasteiger partial charge in [-0.1, -0.05) is 0 Å². The van der Waals surface area contributed by atoms with E-state index in [4.69, 9.17) is 0 Å². The average molecular weight is 286 g/mol. The first-order valence-corrected chi connectivity index (χ1v) is 6.12. The minimum absolute atomic E-state index is 0.0210. The third kappa shape index (κ3) is 2.25. The van der Waals surface area contributed by atoms with E-state index in [0.717, 1.165) is 12.8 Å². The van der Waals surface area contributed by atoms with Crippen molar-refractivity contribution < 1.29 is 17.6 Å². The fourth-order valence-corrected chi connectivity index (χ4v) is 2.16. The van der Waals surface area contributed by atoms with Gasteiger partial charge in [-0.2, -0.15) is 18.3 Å². The van der Waals surface area contributed by atoms with Gasteiger partial charge < -0.3 is 0 Å². The van der Waals surface area contributed by atoms with Gasteiger partial charge in [-0.25, -0.2) is 19.0 Å². The normalized spacial score (nSPS) is 15.2. The molecule has 0 unspecified atom stereocenters. The van der Waals surface area contributed by atoms with Crippen molar-refractivity contribution in [2.24, 2.45) is 0 Å². The number of hydrogen-bond acceptors (Lipinski definition) is 3. The Morgan fingerprint density at radius 1 is 1.20 bits per heavy atom. The molecule has 8 heteroatoms. The van der Waals surface area contributed by atoms with E-state index < -0.39 is 17.7 Å². The number of alkyl halides is 3. The van der Waals surface area contributed by atoms with Crippen molar-refractivity contribution in [1.29, 1.82) is 0 Å². The molecule has 3 rings (SSSR count). The maximum atomic E-state index is 13.7. The molecule has 0 aliphatic carbocycles. The summed E-state index contributed by atoms with van der Waals surface area (Å²) in [6, 6.07) is 0.649. The molecule has 0 bridgehead atoms. The van der Waals surface area contributed by atoms with Crippen LogP contribution in [0.1, 0.15) is 24.4 Å². The number of hydrogen-bond donors (Lipinski definition) is 0. The van der Waals surface area contributed by atoms with Gasteiger partial charge in [-0.3, -0.25) is 0 Å². The third-order valence-corrected chi connectivity index (χ3v) is 3.16. The first kappa shape index (κ1) is 13.0. The smallest absolute Gasteiger partial charge is 0.249 e. The quantitative estimate of drug-likeness (QED) is 0.757. The zero-order chi connectivity index (χ0) is 14.3. The second-order valence-electron chi connectivity index (χ2n) is 4.58. The SMILES string of the molecule is Fc1cnc(C(F)(F)F)cc1-c1nc2n(n1)CCCC2. The van der Waals surface area contributed by atoms with Crippen LogP contribution in [0.2, 0.25) is 0 Å². The lowest BCUT2D eigenvalue weighted by molar-refractivity contribution is -0.141. The number of rotatable bonds is 1. The highest BCUT2D eigenvalue weighted by Crippen LogP contribution is 2.31. The zero-order valence-corrected chi connectivity index (χ0v) is 10.3. The van der Waals surface area contributed by atoms with Crippen molar-refractivity contribution in [2.75, 3.05) is 0 Å². The summed E-state index contributed by atoms with van der Waals surface area (Å²) in [5.74, 6) is -0.204. The minimum atomic E-state index is -4.62. The van der Waals surface area contributed by atoms with Gasteiger partial charge in [0, 0.05) is 13.0 Å². The van der Waals surface area contributed by atoms with Crippen LogP contribution in [-0.4, -0.2) is 19.7 Å². The van der Waals surface area contributed by atoms with E-state index >= 15 is 0 Å². The Labute approximate surface area is 111 Å². The topological polar surface area (TPSA) is 43.6 Å². The molecule has 0 aromatic carbocycles. The molecule has 2 aromatic rings. The van der Waals surface area contributed by atoms with E-state index in [9.17, 15) is 17.6 Å². The lowest BCUT2D eigenvalue weighted by atomic mass is 10.2. The molecular formula is C12H10F4N4. The van der Waals surface area contributed by atoms with E-state index in [1.807, 2.05) is 0 Å². The van der Waals surface area contributed by atoms with Crippen molar-refractivity contribution in [3.8, 4) is 11.4 Å². The lowest BCUT2D eigenvalue weighted by Gasteiger charge is -2.09. The molecule has 1 aliphatic rings. The molecule has 2 aromatic heterocycles. The van der Waals surface area contributed by atoms with Gasteiger partial charge in [0.2, 0.25) is 0 Å². The largest absolute Gasteiger partial charge is 0.433 e. The van der Waals surface area contributed by atoms with Gasteiger partial charge >= 0.3 is 6.18 Å². The van der Waals surface area contributed by atoms with Crippen LogP contribution in [0.25, 0.3) is 11.4 Å². The molecule has 0 N–H and O–H groups in total. The van der Waals surface area contributed by atoms with Crippen molar-refractivity contribution >= 4 is 0 Å². The van der Waals surface area contributed by atoms with Gasteiger partial charge in [0.15, 0.2) is 11.6 Å². The molecule has 0 fully saturated rings. The summed E-state index contributed by atoms with van der Waals surface area (Å²) in [7, 11) is 0.